The van der Waals surface area contributed by atoms with E-state index in [1.165, 1.54) is 11.1 Å². The lowest BCUT2D eigenvalue weighted by atomic mass is 10.0. The molecule has 0 aliphatic heterocycles. The van der Waals surface area contributed by atoms with Gasteiger partial charge in [-0.1, -0.05) is 29.3 Å². The average molecular weight is 395 g/mol. The number of aryl methyl sites for hydroxylation is 2. The Kier molecular flexibility index (Phi) is 4.35. The van der Waals surface area contributed by atoms with Gasteiger partial charge in [-0.15, -0.1) is 22.9 Å². The smallest absolute Gasteiger partial charge is 0.0855 e. The summed E-state index contributed by atoms with van der Waals surface area (Å²) >= 11 is 15.2. The van der Waals surface area contributed by atoms with Crippen molar-refractivity contribution in [2.45, 2.75) is 19.2 Å². The van der Waals surface area contributed by atoms with Gasteiger partial charge in [0.15, 0.2) is 0 Å². The number of hydrogen-bond donors (Lipinski definition) is 0. The van der Waals surface area contributed by atoms with Crippen LogP contribution in [0.25, 0.3) is 0 Å². The summed E-state index contributed by atoms with van der Waals surface area (Å²) in [5.41, 5.74) is 4.76. The Morgan fingerprint density at radius 1 is 1.06 bits per heavy atom. The topological polar surface area (TPSA) is 0 Å². The molecule has 1 atom stereocenters. The van der Waals surface area contributed by atoms with Crippen LogP contribution >= 0.6 is 54.8 Å². The summed E-state index contributed by atoms with van der Waals surface area (Å²) in [4.78, 5) is 0. The van der Waals surface area contributed by atoms with E-state index in [-0.39, 0.29) is 5.38 Å². The summed E-state index contributed by atoms with van der Waals surface area (Å²) in [7, 11) is 0. The average Bonchev–Trinajstić information content (AvgIpc) is 2.55. The molecule has 1 heterocycles. The zero-order chi connectivity index (χ0) is 12.6. The van der Waals surface area contributed by atoms with Crippen LogP contribution in [-0.2, 0) is 0 Å². The zero-order valence-corrected chi connectivity index (χ0v) is 14.2. The quantitative estimate of drug-likeness (QED) is 0.531. The molecule has 90 valence electrons. The van der Waals surface area contributed by atoms with Crippen molar-refractivity contribution in [3.63, 3.8) is 0 Å². The highest BCUT2D eigenvalue weighted by atomic mass is 79.9. The number of hydrogen-bond acceptors (Lipinski definition) is 1. The van der Waals surface area contributed by atoms with Gasteiger partial charge >= 0.3 is 0 Å². The van der Waals surface area contributed by atoms with Crippen molar-refractivity contribution in [3.05, 3.63) is 54.1 Å². The third-order valence-electron chi connectivity index (χ3n) is 2.49. The molecule has 4 heteroatoms. The summed E-state index contributed by atoms with van der Waals surface area (Å²) in [6, 6.07) is 8.52. The lowest BCUT2D eigenvalue weighted by Crippen LogP contribution is -1.94. The van der Waals surface area contributed by atoms with Gasteiger partial charge in [0.05, 0.1) is 12.9 Å². The normalized spacial score (nSPS) is 12.8. The van der Waals surface area contributed by atoms with Crippen molar-refractivity contribution in [2.75, 3.05) is 0 Å². The van der Waals surface area contributed by atoms with Gasteiger partial charge in [0.25, 0.3) is 0 Å². The molecule has 0 spiro atoms. The van der Waals surface area contributed by atoms with Gasteiger partial charge in [-0.2, -0.15) is 0 Å². The van der Waals surface area contributed by atoms with Gasteiger partial charge in [0, 0.05) is 5.56 Å². The highest BCUT2D eigenvalue weighted by Crippen LogP contribution is 2.41. The Morgan fingerprint density at radius 2 is 1.65 bits per heavy atom. The van der Waals surface area contributed by atoms with Crippen LogP contribution in [0, 0.1) is 13.8 Å². The first-order chi connectivity index (χ1) is 7.97. The van der Waals surface area contributed by atoms with Crippen LogP contribution < -0.4 is 0 Å². The molecule has 0 nitrogen and oxygen atoms in total. The first kappa shape index (κ1) is 13.6. The largest absolute Gasteiger partial charge is 0.121 e. The van der Waals surface area contributed by atoms with Crippen molar-refractivity contribution in [2.24, 2.45) is 0 Å². The number of halogens is 3. The minimum Gasteiger partial charge on any atom is -0.121 e. The van der Waals surface area contributed by atoms with E-state index >= 15 is 0 Å². The van der Waals surface area contributed by atoms with Gasteiger partial charge in [0.1, 0.15) is 0 Å². The Bertz CT molecular complexity index is 528. The lowest BCUT2D eigenvalue weighted by molar-refractivity contribution is 1.13. The molecule has 0 aliphatic carbocycles. The Balaban J connectivity index is 2.43. The standard InChI is InChI=1S/C13H11Br2ClS/c1-7-3-8(2)5-9(4-7)12(16)10-6-11(14)17-13(10)15/h3-6,12H,1-2H3. The summed E-state index contributed by atoms with van der Waals surface area (Å²) < 4.78 is 2.18. The summed E-state index contributed by atoms with van der Waals surface area (Å²) in [5, 5.41) is -0.106. The first-order valence-electron chi connectivity index (χ1n) is 5.14. The maximum atomic E-state index is 6.55. The molecule has 0 saturated heterocycles. The molecule has 0 N–H and O–H groups in total. The minimum absolute atomic E-state index is 0.106. The van der Waals surface area contributed by atoms with Crippen molar-refractivity contribution in [1.29, 1.82) is 0 Å². The van der Waals surface area contributed by atoms with Crippen molar-refractivity contribution < 1.29 is 0 Å². The van der Waals surface area contributed by atoms with E-state index in [0.29, 0.717) is 0 Å². The van der Waals surface area contributed by atoms with Gasteiger partial charge < -0.3 is 0 Å². The Hall–Kier alpha value is 0.170. The molecule has 0 aliphatic rings. The van der Waals surface area contributed by atoms with E-state index in [1.807, 2.05) is 0 Å². The molecule has 17 heavy (non-hydrogen) atoms. The second-order valence-electron chi connectivity index (χ2n) is 4.06. The van der Waals surface area contributed by atoms with E-state index < -0.39 is 0 Å². The van der Waals surface area contributed by atoms with Gasteiger partial charge in [-0.25, -0.2) is 0 Å². The predicted octanol–water partition coefficient (Wildman–Crippen LogP) is 6.22. The van der Waals surface area contributed by atoms with E-state index in [2.05, 4.69) is 70.0 Å². The number of rotatable bonds is 2. The molecule has 2 aromatic rings. The second-order valence-corrected chi connectivity index (χ2v) is 8.25. The molecule has 1 aromatic carbocycles. The molecule has 0 fully saturated rings. The van der Waals surface area contributed by atoms with Crippen molar-refractivity contribution >= 4 is 54.8 Å². The zero-order valence-electron chi connectivity index (χ0n) is 9.43. The maximum Gasteiger partial charge on any atom is 0.0855 e. The number of alkyl halides is 1. The number of benzene rings is 1. The minimum atomic E-state index is -0.106. The van der Waals surface area contributed by atoms with Crippen LogP contribution in [0.2, 0.25) is 0 Å². The molecule has 0 radical (unpaired) electrons. The molecule has 0 amide bonds. The van der Waals surface area contributed by atoms with Gasteiger partial charge in [0.2, 0.25) is 0 Å². The van der Waals surface area contributed by atoms with E-state index in [9.17, 15) is 0 Å². The third-order valence-corrected chi connectivity index (χ3v) is 5.37. The molecule has 1 aromatic heterocycles. The fourth-order valence-corrected chi connectivity index (χ4v) is 5.26. The first-order valence-corrected chi connectivity index (χ1v) is 7.98. The number of thiophene rings is 1. The Morgan fingerprint density at radius 3 is 2.12 bits per heavy atom. The molecular weight excluding hydrogens is 383 g/mol. The summed E-state index contributed by atoms with van der Waals surface area (Å²) in [5.74, 6) is 0. The molecular formula is C13H11Br2ClS. The molecule has 2 rings (SSSR count). The summed E-state index contributed by atoms with van der Waals surface area (Å²) in [6.07, 6.45) is 0. The van der Waals surface area contributed by atoms with Crippen LogP contribution in [0.4, 0.5) is 0 Å². The molecule has 0 saturated carbocycles. The molecule has 1 unspecified atom stereocenters. The van der Waals surface area contributed by atoms with Crippen LogP contribution in [0.15, 0.2) is 31.8 Å². The fourth-order valence-electron chi connectivity index (χ4n) is 1.86. The highest BCUT2D eigenvalue weighted by molar-refractivity contribution is 9.12. The highest BCUT2D eigenvalue weighted by Gasteiger charge is 2.17. The summed E-state index contributed by atoms with van der Waals surface area (Å²) in [6.45, 7) is 4.19. The van der Waals surface area contributed by atoms with Crippen LogP contribution in [0.5, 0.6) is 0 Å². The van der Waals surface area contributed by atoms with Gasteiger partial charge in [-0.3, -0.25) is 0 Å². The molecule has 0 bridgehead atoms. The van der Waals surface area contributed by atoms with E-state index in [0.717, 1.165) is 18.7 Å². The SMILES string of the molecule is Cc1cc(C)cc(C(Cl)c2cc(Br)sc2Br)c1. The van der Waals surface area contributed by atoms with Crippen molar-refractivity contribution in [1.82, 2.24) is 0 Å². The van der Waals surface area contributed by atoms with Crippen LogP contribution in [0.1, 0.15) is 27.6 Å². The maximum absolute atomic E-state index is 6.55. The van der Waals surface area contributed by atoms with E-state index in [4.69, 9.17) is 11.6 Å². The lowest BCUT2D eigenvalue weighted by Gasteiger charge is -2.11. The van der Waals surface area contributed by atoms with E-state index in [1.54, 1.807) is 11.3 Å². The predicted molar refractivity (Wildman–Crippen MR) is 83.3 cm³/mol. The fraction of sp³-hybridized carbons (Fsp3) is 0.231. The van der Waals surface area contributed by atoms with Gasteiger partial charge in [-0.05, 0) is 57.3 Å². The third kappa shape index (κ3) is 3.14. The second kappa shape index (κ2) is 5.43. The van der Waals surface area contributed by atoms with Crippen molar-refractivity contribution in [3.8, 4) is 0 Å². The Labute approximate surface area is 127 Å². The van der Waals surface area contributed by atoms with Crippen LogP contribution in [-0.4, -0.2) is 0 Å². The monoisotopic (exact) mass is 392 g/mol. The van der Waals surface area contributed by atoms with Crippen LogP contribution in [0.3, 0.4) is 0 Å².